The molecule has 0 radical (unpaired) electrons. The van der Waals surface area contributed by atoms with Crippen LogP contribution in [0.1, 0.15) is 6.92 Å². The molecule has 0 aliphatic carbocycles. The Balaban J connectivity index is 2.45. The molecule has 1 atom stereocenters. The van der Waals surface area contributed by atoms with Gasteiger partial charge in [0.1, 0.15) is 0 Å². The van der Waals surface area contributed by atoms with Crippen LogP contribution in [0.5, 0.6) is 0 Å². The van der Waals surface area contributed by atoms with Crippen LogP contribution >= 0.6 is 0 Å². The largest absolute Gasteiger partial charge is 0.595 e. The highest BCUT2D eigenvalue weighted by Crippen LogP contribution is 2.29. The maximum absolute atomic E-state index is 11.1. The Kier molecular flexibility index (Phi) is 2.56. The van der Waals surface area contributed by atoms with Crippen LogP contribution in [-0.4, -0.2) is 9.77 Å². The Labute approximate surface area is 104 Å². The zero-order valence-corrected chi connectivity index (χ0v) is 10.1. The van der Waals surface area contributed by atoms with Crippen molar-refractivity contribution in [2.45, 2.75) is 13.5 Å². The van der Waals surface area contributed by atoms with E-state index in [1.54, 1.807) is 12.1 Å². The lowest BCUT2D eigenvalue weighted by Crippen LogP contribution is -2.99. The zero-order valence-electron chi connectivity index (χ0n) is 10.1. The maximum Gasteiger partial charge on any atom is 0.164 e. The lowest BCUT2D eigenvalue weighted by Gasteiger charge is -2.11. The van der Waals surface area contributed by atoms with Gasteiger partial charge in [-0.15, -0.1) is 0 Å². The van der Waals surface area contributed by atoms with Gasteiger partial charge in [-0.3, -0.25) is 0 Å². The van der Waals surface area contributed by atoms with Crippen LogP contribution in [0.15, 0.2) is 42.5 Å². The van der Waals surface area contributed by atoms with E-state index in [2.05, 4.69) is 17.6 Å². The van der Waals surface area contributed by atoms with Gasteiger partial charge in [0.05, 0.1) is 0 Å². The normalized spacial score (nSPS) is 13.3. The van der Waals surface area contributed by atoms with Crippen LogP contribution < -0.4 is 5.23 Å². The molecule has 1 aromatic heterocycles. The predicted molar refractivity (Wildman–Crippen MR) is 70.9 cm³/mol. The first kappa shape index (κ1) is 11.2. The fourth-order valence-corrected chi connectivity index (χ4v) is 2.53. The molecule has 0 saturated heterocycles. The zero-order chi connectivity index (χ0) is 12.7. The van der Waals surface area contributed by atoms with Gasteiger partial charge in [0.15, 0.2) is 5.69 Å². The molecule has 0 aliphatic rings. The molecule has 0 amide bonds. The molecule has 3 aromatic rings. The lowest BCUT2D eigenvalue weighted by atomic mass is 10.1. The van der Waals surface area contributed by atoms with Gasteiger partial charge in [-0.25, -0.2) is 5.21 Å². The first-order chi connectivity index (χ1) is 8.72. The van der Waals surface area contributed by atoms with Crippen LogP contribution in [0.4, 0.5) is 5.69 Å². The second-order valence-electron chi connectivity index (χ2n) is 4.30. The first-order valence-corrected chi connectivity index (χ1v) is 5.96. The van der Waals surface area contributed by atoms with Gasteiger partial charge in [0.25, 0.3) is 0 Å². The Bertz CT molecular complexity index is 716. The highest BCUT2D eigenvalue weighted by atomic mass is 16.8. The molecule has 0 aliphatic heterocycles. The lowest BCUT2D eigenvalue weighted by molar-refractivity contribution is -0.991. The van der Waals surface area contributed by atoms with Crippen molar-refractivity contribution in [3.8, 4) is 0 Å². The summed E-state index contributed by atoms with van der Waals surface area (Å²) in [7, 11) is 0. The fraction of sp³-hybridized carbons (Fsp3) is 0.143. The summed E-state index contributed by atoms with van der Waals surface area (Å²) in [4.78, 5) is 0. The van der Waals surface area contributed by atoms with E-state index in [9.17, 15) is 5.21 Å². The molecule has 1 unspecified atom stereocenters. The van der Waals surface area contributed by atoms with Crippen molar-refractivity contribution in [1.29, 1.82) is 0 Å². The van der Waals surface area contributed by atoms with Crippen molar-refractivity contribution in [3.05, 3.63) is 47.7 Å². The number of quaternary nitrogens is 1. The standard InChI is InChI=1S/C14H14N2O2/c1-2-15-13-6-4-3-5-11(13)12-9-10(16(17)18)7-8-14(12)15/h3-9,16-17H,2H2,1H3. The number of rotatable bonds is 2. The molecule has 2 aromatic carbocycles. The third-order valence-electron chi connectivity index (χ3n) is 3.34. The summed E-state index contributed by atoms with van der Waals surface area (Å²) >= 11 is 0. The van der Waals surface area contributed by atoms with Crippen LogP contribution in [0.25, 0.3) is 21.8 Å². The summed E-state index contributed by atoms with van der Waals surface area (Å²) in [6.07, 6.45) is 0. The van der Waals surface area contributed by atoms with Gasteiger partial charge in [0.2, 0.25) is 0 Å². The summed E-state index contributed by atoms with van der Waals surface area (Å²) in [6.45, 7) is 2.97. The number of nitrogens with zero attached hydrogens (tertiary/aromatic N) is 1. The highest BCUT2D eigenvalue weighted by molar-refractivity contribution is 6.08. The predicted octanol–water partition coefficient (Wildman–Crippen LogP) is 2.22. The molecule has 0 saturated carbocycles. The monoisotopic (exact) mass is 242 g/mol. The van der Waals surface area contributed by atoms with Gasteiger partial charge >= 0.3 is 0 Å². The van der Waals surface area contributed by atoms with Crippen molar-refractivity contribution < 1.29 is 10.4 Å². The first-order valence-electron chi connectivity index (χ1n) is 5.96. The van der Waals surface area contributed by atoms with Crippen molar-refractivity contribution in [2.24, 2.45) is 0 Å². The molecule has 18 heavy (non-hydrogen) atoms. The quantitative estimate of drug-likeness (QED) is 0.677. The molecule has 0 bridgehead atoms. The van der Waals surface area contributed by atoms with Crippen LogP contribution in [0.2, 0.25) is 0 Å². The summed E-state index contributed by atoms with van der Waals surface area (Å²) in [5, 5.41) is 21.4. The van der Waals surface area contributed by atoms with Gasteiger partial charge in [-0.2, -0.15) is 5.23 Å². The second kappa shape index (κ2) is 4.10. The van der Waals surface area contributed by atoms with Crippen LogP contribution in [0.3, 0.4) is 0 Å². The summed E-state index contributed by atoms with van der Waals surface area (Å²) < 4.78 is 2.20. The van der Waals surface area contributed by atoms with Crippen LogP contribution in [0, 0.1) is 5.21 Å². The average molecular weight is 242 g/mol. The van der Waals surface area contributed by atoms with Gasteiger partial charge < -0.3 is 9.77 Å². The number of fused-ring (bicyclic) bond motifs is 3. The second-order valence-corrected chi connectivity index (χ2v) is 4.30. The number of hydrogen-bond donors (Lipinski definition) is 2. The fourth-order valence-electron chi connectivity index (χ4n) is 2.53. The molecule has 92 valence electrons. The molecule has 0 spiro atoms. The van der Waals surface area contributed by atoms with E-state index in [1.807, 2.05) is 24.3 Å². The maximum atomic E-state index is 11.1. The van der Waals surface area contributed by atoms with Gasteiger partial charge in [-0.05, 0) is 19.1 Å². The Hall–Kier alpha value is -1.88. The molecular formula is C14H14N2O2. The summed E-state index contributed by atoms with van der Waals surface area (Å²) in [5.74, 6) is 0. The average Bonchev–Trinajstić information content (AvgIpc) is 2.71. The van der Waals surface area contributed by atoms with Crippen molar-refractivity contribution in [1.82, 2.24) is 4.57 Å². The Morgan fingerprint density at radius 1 is 1.11 bits per heavy atom. The third-order valence-corrected chi connectivity index (χ3v) is 3.34. The smallest absolute Gasteiger partial charge is 0.164 e. The van der Waals surface area contributed by atoms with E-state index in [0.717, 1.165) is 28.4 Å². The van der Waals surface area contributed by atoms with Crippen LogP contribution in [-0.2, 0) is 6.54 Å². The minimum atomic E-state index is -0.884. The Morgan fingerprint density at radius 3 is 2.56 bits per heavy atom. The topological polar surface area (TPSA) is 52.7 Å². The number of aromatic nitrogens is 1. The van der Waals surface area contributed by atoms with E-state index in [1.165, 1.54) is 0 Å². The van der Waals surface area contributed by atoms with E-state index >= 15 is 0 Å². The van der Waals surface area contributed by atoms with E-state index in [-0.39, 0.29) is 0 Å². The summed E-state index contributed by atoms with van der Waals surface area (Å²) in [6, 6.07) is 13.4. The van der Waals surface area contributed by atoms with Crippen molar-refractivity contribution >= 4 is 27.5 Å². The van der Waals surface area contributed by atoms with Crippen molar-refractivity contribution in [2.75, 3.05) is 0 Å². The molecular weight excluding hydrogens is 228 g/mol. The molecule has 0 fully saturated rings. The number of hydrogen-bond acceptors (Lipinski definition) is 2. The highest BCUT2D eigenvalue weighted by Gasteiger charge is 2.11. The molecule has 4 nitrogen and oxygen atoms in total. The minimum Gasteiger partial charge on any atom is -0.595 e. The number of aryl methyl sites for hydroxylation is 1. The van der Waals surface area contributed by atoms with E-state index < -0.39 is 5.23 Å². The Morgan fingerprint density at radius 2 is 1.83 bits per heavy atom. The van der Waals surface area contributed by atoms with E-state index in [0.29, 0.717) is 5.69 Å². The molecule has 4 heteroatoms. The van der Waals surface area contributed by atoms with Gasteiger partial charge in [0, 0.05) is 40.5 Å². The summed E-state index contributed by atoms with van der Waals surface area (Å²) in [5.41, 5.74) is 2.57. The number of nitrogens with one attached hydrogen (secondary N) is 1. The number of para-hydroxylation sites is 1. The SMILES string of the molecule is CCn1c2ccccc2c2cc([NH+]([O-])O)ccc21. The minimum absolute atomic E-state index is 0.335. The van der Waals surface area contributed by atoms with Gasteiger partial charge in [-0.1, -0.05) is 18.2 Å². The van der Waals surface area contributed by atoms with Crippen molar-refractivity contribution in [3.63, 3.8) is 0 Å². The molecule has 3 rings (SSSR count). The third kappa shape index (κ3) is 1.51. The van der Waals surface area contributed by atoms with E-state index in [4.69, 9.17) is 5.21 Å². The number of benzene rings is 2. The molecule has 2 N–H and O–H groups in total. The molecule has 1 heterocycles.